The fourth-order valence-electron chi connectivity index (χ4n) is 3.28. The summed E-state index contributed by atoms with van der Waals surface area (Å²) in [5.41, 5.74) is 7.29. The van der Waals surface area contributed by atoms with Crippen LogP contribution in [0.4, 0.5) is 4.39 Å². The van der Waals surface area contributed by atoms with Crippen molar-refractivity contribution in [2.24, 2.45) is 5.73 Å². The van der Waals surface area contributed by atoms with Crippen molar-refractivity contribution in [2.45, 2.75) is 19.4 Å². The van der Waals surface area contributed by atoms with Crippen LogP contribution in [0.15, 0.2) is 46.6 Å². The standard InChI is InChI=1S/C20H21FN4O2/c1-12-9-16-18(20(26)25(12)8-7-24(2)3)17(15(11-22)19(23)27-16)13-5-4-6-14(21)10-13/h4-6,9-10,17H,7-8,23H2,1-3H3. The minimum Gasteiger partial charge on any atom is -0.440 e. The molecule has 1 aliphatic rings. The molecule has 0 fully saturated rings. The van der Waals surface area contributed by atoms with Gasteiger partial charge >= 0.3 is 0 Å². The van der Waals surface area contributed by atoms with Crippen LogP contribution in [-0.4, -0.2) is 30.1 Å². The quantitative estimate of drug-likeness (QED) is 0.893. The van der Waals surface area contributed by atoms with E-state index in [2.05, 4.69) is 0 Å². The van der Waals surface area contributed by atoms with Crippen molar-refractivity contribution in [1.29, 1.82) is 5.26 Å². The lowest BCUT2D eigenvalue weighted by atomic mass is 9.84. The molecule has 2 N–H and O–H groups in total. The largest absolute Gasteiger partial charge is 0.440 e. The molecule has 3 rings (SSSR count). The number of aryl methyl sites for hydroxylation is 1. The second-order valence-corrected chi connectivity index (χ2v) is 6.80. The molecule has 140 valence electrons. The summed E-state index contributed by atoms with van der Waals surface area (Å²) in [6.07, 6.45) is 0. The zero-order valence-electron chi connectivity index (χ0n) is 15.5. The summed E-state index contributed by atoms with van der Waals surface area (Å²) in [5.74, 6) is -0.974. The van der Waals surface area contributed by atoms with Crippen LogP contribution in [0.5, 0.6) is 5.75 Å². The number of nitrogens with zero attached hydrogens (tertiary/aromatic N) is 3. The fourth-order valence-corrected chi connectivity index (χ4v) is 3.28. The molecule has 27 heavy (non-hydrogen) atoms. The highest BCUT2D eigenvalue weighted by atomic mass is 19.1. The number of hydrogen-bond donors (Lipinski definition) is 1. The van der Waals surface area contributed by atoms with Crippen LogP contribution in [0.2, 0.25) is 0 Å². The minimum atomic E-state index is -0.770. The number of aromatic nitrogens is 1. The summed E-state index contributed by atoms with van der Waals surface area (Å²) >= 11 is 0. The Labute approximate surface area is 156 Å². The van der Waals surface area contributed by atoms with E-state index >= 15 is 0 Å². The van der Waals surface area contributed by atoms with Gasteiger partial charge in [-0.05, 0) is 38.7 Å². The van der Waals surface area contributed by atoms with Gasteiger partial charge in [0, 0.05) is 24.8 Å². The molecule has 1 aromatic carbocycles. The lowest BCUT2D eigenvalue weighted by Crippen LogP contribution is -2.34. The second kappa shape index (κ2) is 7.25. The molecular formula is C20H21FN4O2. The summed E-state index contributed by atoms with van der Waals surface area (Å²) in [7, 11) is 3.85. The Morgan fingerprint density at radius 1 is 1.37 bits per heavy atom. The van der Waals surface area contributed by atoms with Gasteiger partial charge in [-0.25, -0.2) is 4.39 Å². The highest BCUT2D eigenvalue weighted by Crippen LogP contribution is 2.40. The number of allylic oxidation sites excluding steroid dienone is 1. The minimum absolute atomic E-state index is 0.0656. The summed E-state index contributed by atoms with van der Waals surface area (Å²) < 4.78 is 21.1. The Balaban J connectivity index is 2.24. The van der Waals surface area contributed by atoms with E-state index < -0.39 is 11.7 Å². The van der Waals surface area contributed by atoms with E-state index in [1.807, 2.05) is 32.0 Å². The fraction of sp³-hybridized carbons (Fsp3) is 0.300. The molecular weight excluding hydrogens is 347 g/mol. The van der Waals surface area contributed by atoms with Gasteiger partial charge in [-0.15, -0.1) is 0 Å². The molecule has 2 aromatic rings. The van der Waals surface area contributed by atoms with E-state index in [4.69, 9.17) is 10.5 Å². The molecule has 1 unspecified atom stereocenters. The van der Waals surface area contributed by atoms with E-state index in [1.54, 1.807) is 22.8 Å². The average Bonchev–Trinajstić information content (AvgIpc) is 2.60. The predicted molar refractivity (Wildman–Crippen MR) is 99.7 cm³/mol. The van der Waals surface area contributed by atoms with Crippen LogP contribution in [0, 0.1) is 24.1 Å². The Morgan fingerprint density at radius 2 is 2.11 bits per heavy atom. The molecule has 1 aliphatic heterocycles. The number of nitriles is 1. The van der Waals surface area contributed by atoms with Gasteiger partial charge in [0.1, 0.15) is 23.2 Å². The maximum absolute atomic E-state index is 13.8. The van der Waals surface area contributed by atoms with E-state index in [1.165, 1.54) is 12.1 Å². The van der Waals surface area contributed by atoms with E-state index in [-0.39, 0.29) is 17.0 Å². The molecule has 0 radical (unpaired) electrons. The summed E-state index contributed by atoms with van der Waals surface area (Å²) in [4.78, 5) is 15.3. The molecule has 7 heteroatoms. The van der Waals surface area contributed by atoms with Crippen LogP contribution in [0.3, 0.4) is 0 Å². The molecule has 0 saturated carbocycles. The first-order valence-electron chi connectivity index (χ1n) is 8.55. The smallest absolute Gasteiger partial charge is 0.258 e. The molecule has 0 bridgehead atoms. The van der Waals surface area contributed by atoms with Crippen molar-refractivity contribution in [1.82, 2.24) is 9.47 Å². The lowest BCUT2D eigenvalue weighted by Gasteiger charge is -2.27. The number of benzene rings is 1. The number of rotatable bonds is 4. The monoisotopic (exact) mass is 368 g/mol. The average molecular weight is 368 g/mol. The zero-order valence-corrected chi connectivity index (χ0v) is 15.5. The molecule has 6 nitrogen and oxygen atoms in total. The first-order valence-corrected chi connectivity index (χ1v) is 8.55. The third-order valence-corrected chi connectivity index (χ3v) is 4.64. The van der Waals surface area contributed by atoms with Crippen molar-refractivity contribution in [3.63, 3.8) is 0 Å². The maximum Gasteiger partial charge on any atom is 0.258 e. The van der Waals surface area contributed by atoms with Crippen molar-refractivity contribution in [3.05, 3.63) is 74.8 Å². The summed E-state index contributed by atoms with van der Waals surface area (Å²) in [6.45, 7) is 2.98. The highest BCUT2D eigenvalue weighted by molar-refractivity contribution is 5.55. The number of halogens is 1. The third-order valence-electron chi connectivity index (χ3n) is 4.64. The Morgan fingerprint density at radius 3 is 2.74 bits per heavy atom. The van der Waals surface area contributed by atoms with E-state index in [0.29, 0.717) is 30.0 Å². The molecule has 0 aliphatic carbocycles. The first kappa shape index (κ1) is 18.7. The normalized spacial score (nSPS) is 16.1. The topological polar surface area (TPSA) is 84.3 Å². The number of fused-ring (bicyclic) bond motifs is 1. The van der Waals surface area contributed by atoms with Crippen molar-refractivity contribution in [3.8, 4) is 11.8 Å². The third kappa shape index (κ3) is 3.44. The van der Waals surface area contributed by atoms with Gasteiger partial charge in [0.15, 0.2) is 0 Å². The molecule has 0 spiro atoms. The Kier molecular flexibility index (Phi) is 5.02. The predicted octanol–water partition coefficient (Wildman–Crippen LogP) is 2.08. The van der Waals surface area contributed by atoms with Crippen LogP contribution in [0.1, 0.15) is 22.7 Å². The lowest BCUT2D eigenvalue weighted by molar-refractivity contribution is 0.369. The van der Waals surface area contributed by atoms with Crippen LogP contribution in [0.25, 0.3) is 0 Å². The van der Waals surface area contributed by atoms with Gasteiger partial charge < -0.3 is 19.9 Å². The molecule has 0 amide bonds. The van der Waals surface area contributed by atoms with Gasteiger partial charge in [-0.3, -0.25) is 4.79 Å². The molecule has 1 atom stereocenters. The van der Waals surface area contributed by atoms with Crippen molar-refractivity contribution >= 4 is 0 Å². The van der Waals surface area contributed by atoms with E-state index in [9.17, 15) is 14.4 Å². The van der Waals surface area contributed by atoms with Gasteiger partial charge in [-0.1, -0.05) is 12.1 Å². The molecule has 2 heterocycles. The SMILES string of the molecule is Cc1cc2c(c(=O)n1CCN(C)C)C(c1cccc(F)c1)C(C#N)=C(N)O2. The van der Waals surface area contributed by atoms with Gasteiger partial charge in [0.25, 0.3) is 5.56 Å². The van der Waals surface area contributed by atoms with Crippen LogP contribution >= 0.6 is 0 Å². The number of nitrogens with two attached hydrogens (primary N) is 1. The van der Waals surface area contributed by atoms with E-state index in [0.717, 1.165) is 5.69 Å². The Bertz CT molecular complexity index is 1020. The highest BCUT2D eigenvalue weighted by Gasteiger charge is 2.34. The zero-order chi connectivity index (χ0) is 19.7. The van der Waals surface area contributed by atoms with Gasteiger partial charge in [-0.2, -0.15) is 5.26 Å². The number of hydrogen-bond acceptors (Lipinski definition) is 5. The Hall–Kier alpha value is -3.11. The first-order chi connectivity index (χ1) is 12.8. The summed E-state index contributed by atoms with van der Waals surface area (Å²) in [6, 6.07) is 9.61. The molecule has 1 aromatic heterocycles. The summed E-state index contributed by atoms with van der Waals surface area (Å²) in [5, 5.41) is 9.60. The van der Waals surface area contributed by atoms with Crippen LogP contribution < -0.4 is 16.0 Å². The number of likely N-dealkylation sites (N-methyl/N-ethyl adjacent to an activating group) is 1. The number of ether oxygens (including phenoxy) is 1. The van der Waals surface area contributed by atoms with Crippen molar-refractivity contribution < 1.29 is 9.13 Å². The van der Waals surface area contributed by atoms with Crippen molar-refractivity contribution in [2.75, 3.05) is 20.6 Å². The molecule has 0 saturated heterocycles. The van der Waals surface area contributed by atoms with Crippen LogP contribution in [-0.2, 0) is 6.54 Å². The number of pyridine rings is 1. The van der Waals surface area contributed by atoms with Gasteiger partial charge in [0.2, 0.25) is 5.88 Å². The second-order valence-electron chi connectivity index (χ2n) is 6.80. The van der Waals surface area contributed by atoms with Gasteiger partial charge in [0.05, 0.1) is 11.5 Å². The maximum atomic E-state index is 13.8.